The number of esters is 1. The highest BCUT2D eigenvalue weighted by atomic mass is 16.5. The molecule has 1 saturated carbocycles. The van der Waals surface area contributed by atoms with Gasteiger partial charge in [-0.15, -0.1) is 0 Å². The van der Waals surface area contributed by atoms with Gasteiger partial charge < -0.3 is 4.74 Å². The zero-order valence-electron chi connectivity index (χ0n) is 9.38. The average molecular weight is 207 g/mol. The molecule has 0 aliphatic heterocycles. The molecule has 15 heavy (non-hydrogen) atoms. The number of nitriles is 1. The van der Waals surface area contributed by atoms with E-state index in [9.17, 15) is 4.79 Å². The standard InChI is InChI=1S/C12H17NO2/c1-9(10-6-4-3-5-7-10)11(8-13)12(14)15-2/h10H,3-7H2,1-2H3/b11-9+. The average Bonchev–Trinajstić information content (AvgIpc) is 2.30. The molecule has 0 radical (unpaired) electrons. The van der Waals surface area contributed by atoms with Crippen LogP contribution in [0.25, 0.3) is 0 Å². The zero-order valence-corrected chi connectivity index (χ0v) is 9.38. The van der Waals surface area contributed by atoms with Gasteiger partial charge in [0.1, 0.15) is 11.6 Å². The summed E-state index contributed by atoms with van der Waals surface area (Å²) in [5.74, 6) is -0.104. The van der Waals surface area contributed by atoms with Gasteiger partial charge in [-0.3, -0.25) is 0 Å². The van der Waals surface area contributed by atoms with Crippen molar-refractivity contribution < 1.29 is 9.53 Å². The number of carbonyl (C=O) groups is 1. The van der Waals surface area contributed by atoms with Crippen LogP contribution in [0.5, 0.6) is 0 Å². The van der Waals surface area contributed by atoms with Crippen LogP contribution in [-0.2, 0) is 9.53 Å². The molecule has 1 rings (SSSR count). The van der Waals surface area contributed by atoms with E-state index in [1.54, 1.807) is 0 Å². The molecular weight excluding hydrogens is 190 g/mol. The molecule has 0 N–H and O–H groups in total. The fourth-order valence-electron chi connectivity index (χ4n) is 2.14. The van der Waals surface area contributed by atoms with E-state index >= 15 is 0 Å². The number of ether oxygens (including phenoxy) is 1. The Hall–Kier alpha value is -1.30. The third kappa shape index (κ3) is 2.82. The van der Waals surface area contributed by atoms with Gasteiger partial charge in [0, 0.05) is 0 Å². The number of nitrogens with zero attached hydrogens (tertiary/aromatic N) is 1. The number of methoxy groups -OCH3 is 1. The largest absolute Gasteiger partial charge is 0.465 e. The van der Waals surface area contributed by atoms with Crippen molar-refractivity contribution in [2.45, 2.75) is 39.0 Å². The van der Waals surface area contributed by atoms with Crippen LogP contribution < -0.4 is 0 Å². The van der Waals surface area contributed by atoms with Crippen molar-refractivity contribution in [3.63, 3.8) is 0 Å². The Morgan fingerprint density at radius 1 is 1.33 bits per heavy atom. The summed E-state index contributed by atoms with van der Waals surface area (Å²) < 4.78 is 4.60. The maximum Gasteiger partial charge on any atom is 0.348 e. The molecule has 0 unspecified atom stereocenters. The van der Waals surface area contributed by atoms with E-state index in [1.165, 1.54) is 26.4 Å². The second-order valence-electron chi connectivity index (χ2n) is 4.00. The van der Waals surface area contributed by atoms with Gasteiger partial charge in [0.15, 0.2) is 0 Å². The molecule has 1 aliphatic rings. The van der Waals surface area contributed by atoms with Crippen LogP contribution in [-0.4, -0.2) is 13.1 Å². The van der Waals surface area contributed by atoms with Crippen LogP contribution in [0.4, 0.5) is 0 Å². The van der Waals surface area contributed by atoms with Crippen LogP contribution in [0.3, 0.4) is 0 Å². The number of hydrogen-bond acceptors (Lipinski definition) is 3. The molecule has 3 nitrogen and oxygen atoms in total. The quantitative estimate of drug-likeness (QED) is 0.397. The van der Waals surface area contributed by atoms with E-state index < -0.39 is 5.97 Å². The van der Waals surface area contributed by atoms with Crippen molar-refractivity contribution >= 4 is 5.97 Å². The zero-order chi connectivity index (χ0) is 11.3. The maximum atomic E-state index is 11.3. The summed E-state index contributed by atoms with van der Waals surface area (Å²) in [6.45, 7) is 1.88. The first-order valence-electron chi connectivity index (χ1n) is 5.40. The van der Waals surface area contributed by atoms with Gasteiger partial charge in [0.25, 0.3) is 0 Å². The summed E-state index contributed by atoms with van der Waals surface area (Å²) in [6, 6.07) is 1.95. The minimum Gasteiger partial charge on any atom is -0.465 e. The first kappa shape index (κ1) is 11.8. The maximum absolute atomic E-state index is 11.3. The van der Waals surface area contributed by atoms with E-state index in [-0.39, 0.29) is 5.57 Å². The summed E-state index contributed by atoms with van der Waals surface area (Å²) in [5.41, 5.74) is 1.11. The van der Waals surface area contributed by atoms with E-state index in [4.69, 9.17) is 5.26 Å². The van der Waals surface area contributed by atoms with E-state index in [0.717, 1.165) is 18.4 Å². The number of allylic oxidation sites excluding steroid dienone is 1. The predicted octanol–water partition coefficient (Wildman–Crippen LogP) is 2.58. The molecule has 3 heteroatoms. The summed E-state index contributed by atoms with van der Waals surface area (Å²) in [7, 11) is 1.31. The van der Waals surface area contributed by atoms with Crippen LogP contribution >= 0.6 is 0 Å². The molecule has 0 heterocycles. The smallest absolute Gasteiger partial charge is 0.348 e. The predicted molar refractivity (Wildman–Crippen MR) is 56.9 cm³/mol. The minimum absolute atomic E-state index is 0.199. The minimum atomic E-state index is -0.499. The molecule has 0 spiro atoms. The lowest BCUT2D eigenvalue weighted by Gasteiger charge is -2.22. The second-order valence-corrected chi connectivity index (χ2v) is 4.00. The van der Waals surface area contributed by atoms with Gasteiger partial charge in [0.05, 0.1) is 7.11 Å². The lowest BCUT2D eigenvalue weighted by Crippen LogP contribution is -2.13. The van der Waals surface area contributed by atoms with Crippen LogP contribution in [0.1, 0.15) is 39.0 Å². The van der Waals surface area contributed by atoms with Crippen LogP contribution in [0.15, 0.2) is 11.1 Å². The van der Waals surface area contributed by atoms with Crippen molar-refractivity contribution in [1.29, 1.82) is 5.26 Å². The molecule has 0 aromatic heterocycles. The molecule has 0 saturated heterocycles. The Bertz CT molecular complexity index is 306. The van der Waals surface area contributed by atoms with Gasteiger partial charge in [-0.1, -0.05) is 19.3 Å². The third-order valence-corrected chi connectivity index (χ3v) is 3.11. The molecule has 82 valence electrons. The number of hydrogen-bond donors (Lipinski definition) is 0. The highest BCUT2D eigenvalue weighted by Crippen LogP contribution is 2.31. The Morgan fingerprint density at radius 3 is 2.40 bits per heavy atom. The van der Waals surface area contributed by atoms with Gasteiger partial charge in [-0.25, -0.2) is 4.79 Å². The molecule has 0 bridgehead atoms. The van der Waals surface area contributed by atoms with E-state index in [0.29, 0.717) is 5.92 Å². The Morgan fingerprint density at radius 2 is 1.93 bits per heavy atom. The molecule has 0 amide bonds. The lowest BCUT2D eigenvalue weighted by atomic mass is 9.82. The van der Waals surface area contributed by atoms with E-state index in [2.05, 4.69) is 4.74 Å². The first-order chi connectivity index (χ1) is 7.20. The van der Waals surface area contributed by atoms with E-state index in [1.807, 2.05) is 13.0 Å². The van der Waals surface area contributed by atoms with Crippen molar-refractivity contribution in [3.05, 3.63) is 11.1 Å². The third-order valence-electron chi connectivity index (χ3n) is 3.11. The van der Waals surface area contributed by atoms with Crippen molar-refractivity contribution in [2.75, 3.05) is 7.11 Å². The summed E-state index contributed by atoms with van der Waals surface area (Å²) >= 11 is 0. The first-order valence-corrected chi connectivity index (χ1v) is 5.40. The Labute approximate surface area is 90.7 Å². The molecule has 1 fully saturated rings. The fraction of sp³-hybridized carbons (Fsp3) is 0.667. The van der Waals surface area contributed by atoms with Crippen LogP contribution in [0.2, 0.25) is 0 Å². The van der Waals surface area contributed by atoms with Crippen molar-refractivity contribution in [1.82, 2.24) is 0 Å². The molecule has 0 aromatic rings. The number of carbonyl (C=O) groups excluding carboxylic acids is 1. The van der Waals surface area contributed by atoms with Crippen molar-refractivity contribution in [2.24, 2.45) is 5.92 Å². The van der Waals surface area contributed by atoms with Gasteiger partial charge in [-0.05, 0) is 31.3 Å². The Balaban J connectivity index is 2.84. The molecule has 1 aliphatic carbocycles. The normalized spacial score (nSPS) is 19.0. The number of rotatable bonds is 2. The lowest BCUT2D eigenvalue weighted by molar-refractivity contribution is -0.135. The Kier molecular flexibility index (Phi) is 4.36. The topological polar surface area (TPSA) is 50.1 Å². The van der Waals surface area contributed by atoms with Crippen molar-refractivity contribution in [3.8, 4) is 6.07 Å². The SMILES string of the molecule is COC(=O)/C(C#N)=C(\C)C1CCCCC1. The fourth-order valence-corrected chi connectivity index (χ4v) is 2.14. The highest BCUT2D eigenvalue weighted by Gasteiger charge is 2.21. The summed E-state index contributed by atoms with van der Waals surface area (Å²) in [6.07, 6.45) is 5.84. The monoisotopic (exact) mass is 207 g/mol. The summed E-state index contributed by atoms with van der Waals surface area (Å²) in [4.78, 5) is 11.3. The molecular formula is C12H17NO2. The highest BCUT2D eigenvalue weighted by molar-refractivity contribution is 5.93. The second kappa shape index (κ2) is 5.55. The van der Waals surface area contributed by atoms with Gasteiger partial charge in [0.2, 0.25) is 0 Å². The summed E-state index contributed by atoms with van der Waals surface area (Å²) in [5, 5.41) is 8.92. The van der Waals surface area contributed by atoms with Crippen LogP contribution in [0, 0.1) is 17.2 Å². The van der Waals surface area contributed by atoms with Gasteiger partial charge >= 0.3 is 5.97 Å². The van der Waals surface area contributed by atoms with Gasteiger partial charge in [-0.2, -0.15) is 5.26 Å². The molecule has 0 aromatic carbocycles. The molecule has 0 atom stereocenters.